The predicted octanol–water partition coefficient (Wildman–Crippen LogP) is 4.41. The summed E-state index contributed by atoms with van der Waals surface area (Å²) < 4.78 is 33.0. The zero-order valence-corrected chi connectivity index (χ0v) is 20.7. The first-order valence-corrected chi connectivity index (χ1v) is 13.3. The van der Waals surface area contributed by atoms with Crippen LogP contribution >= 0.6 is 0 Å². The summed E-state index contributed by atoms with van der Waals surface area (Å²) in [5.74, 6) is 0.391. The number of hydrogen-bond donors (Lipinski definition) is 2. The van der Waals surface area contributed by atoms with Crippen molar-refractivity contribution in [1.82, 2.24) is 10.2 Å². The molecule has 1 amide bonds. The number of sulfonamides is 1. The van der Waals surface area contributed by atoms with Crippen molar-refractivity contribution in [2.75, 3.05) is 24.9 Å². The number of methoxy groups -OCH3 is 1. The van der Waals surface area contributed by atoms with Gasteiger partial charge in [-0.3, -0.25) is 14.4 Å². The monoisotopic (exact) mass is 493 g/mol. The zero-order valence-electron chi connectivity index (χ0n) is 19.9. The van der Waals surface area contributed by atoms with E-state index in [-0.39, 0.29) is 10.8 Å². The highest BCUT2D eigenvalue weighted by atomic mass is 32.2. The molecule has 3 aromatic carbocycles. The lowest BCUT2D eigenvalue weighted by Crippen LogP contribution is -2.30. The van der Waals surface area contributed by atoms with Gasteiger partial charge in [0.05, 0.1) is 12.0 Å². The second kappa shape index (κ2) is 11.4. The summed E-state index contributed by atoms with van der Waals surface area (Å²) in [6.45, 7) is 3.54. The van der Waals surface area contributed by atoms with Crippen LogP contribution in [0.5, 0.6) is 5.75 Å². The summed E-state index contributed by atoms with van der Waals surface area (Å²) in [6.07, 6.45) is 3.77. The standard InChI is InChI=1S/C27H31N3O4S/c1-34-25-13-11-24(12-14-25)29-35(32,33)26-15-9-21(10-16-26)27(31)28-19-22-7-3-4-8-23(22)20-30-17-5-2-6-18-30/h3-4,7-16,29H,2,5-6,17-20H2,1H3,(H,28,31). The second-order valence-corrected chi connectivity index (χ2v) is 10.3. The van der Waals surface area contributed by atoms with Crippen molar-refractivity contribution in [1.29, 1.82) is 0 Å². The SMILES string of the molecule is COc1ccc(NS(=O)(=O)c2ccc(C(=O)NCc3ccccc3CN3CCCCC3)cc2)cc1. The average molecular weight is 494 g/mol. The molecule has 184 valence electrons. The van der Waals surface area contributed by atoms with Gasteiger partial charge in [-0.1, -0.05) is 30.7 Å². The molecule has 1 fully saturated rings. The third kappa shape index (κ3) is 6.61. The van der Waals surface area contributed by atoms with E-state index in [1.165, 1.54) is 49.1 Å². The summed E-state index contributed by atoms with van der Waals surface area (Å²) in [4.78, 5) is 15.3. The number of ether oxygens (including phenoxy) is 1. The number of hydrogen-bond acceptors (Lipinski definition) is 5. The molecule has 1 heterocycles. The number of carbonyl (C=O) groups excluding carboxylic acids is 1. The lowest BCUT2D eigenvalue weighted by atomic mass is 10.0. The van der Waals surface area contributed by atoms with Crippen molar-refractivity contribution in [3.05, 3.63) is 89.5 Å². The summed E-state index contributed by atoms with van der Waals surface area (Å²) in [7, 11) is -2.23. The van der Waals surface area contributed by atoms with E-state index in [0.29, 0.717) is 23.5 Å². The Morgan fingerprint density at radius 3 is 2.20 bits per heavy atom. The molecule has 0 aliphatic carbocycles. The van der Waals surface area contributed by atoms with E-state index in [1.807, 2.05) is 18.2 Å². The lowest BCUT2D eigenvalue weighted by Gasteiger charge is -2.27. The zero-order chi connectivity index (χ0) is 24.7. The molecule has 35 heavy (non-hydrogen) atoms. The molecular formula is C27H31N3O4S. The van der Waals surface area contributed by atoms with Crippen LogP contribution in [0.3, 0.4) is 0 Å². The Kier molecular flexibility index (Phi) is 8.05. The molecule has 0 spiro atoms. The molecule has 0 radical (unpaired) electrons. The normalized spacial score (nSPS) is 14.3. The highest BCUT2D eigenvalue weighted by Crippen LogP contribution is 2.20. The molecule has 1 saturated heterocycles. The number of benzene rings is 3. The van der Waals surface area contributed by atoms with Gasteiger partial charge < -0.3 is 10.1 Å². The van der Waals surface area contributed by atoms with Gasteiger partial charge in [0.15, 0.2) is 0 Å². The van der Waals surface area contributed by atoms with Crippen LogP contribution in [0.2, 0.25) is 0 Å². The number of nitrogens with zero attached hydrogens (tertiary/aromatic N) is 1. The summed E-state index contributed by atoms with van der Waals surface area (Å²) >= 11 is 0. The van der Waals surface area contributed by atoms with Gasteiger partial charge >= 0.3 is 0 Å². The average Bonchev–Trinajstić information content (AvgIpc) is 2.89. The first-order chi connectivity index (χ1) is 16.9. The molecule has 2 N–H and O–H groups in total. The minimum Gasteiger partial charge on any atom is -0.497 e. The van der Waals surface area contributed by atoms with Crippen molar-refractivity contribution in [3.8, 4) is 5.75 Å². The van der Waals surface area contributed by atoms with Gasteiger partial charge in [0.2, 0.25) is 0 Å². The molecule has 4 rings (SSSR count). The van der Waals surface area contributed by atoms with Crippen molar-refractivity contribution in [2.45, 2.75) is 37.2 Å². The number of nitrogens with one attached hydrogen (secondary N) is 2. The number of carbonyl (C=O) groups is 1. The van der Waals surface area contributed by atoms with Crippen LogP contribution in [-0.4, -0.2) is 39.4 Å². The lowest BCUT2D eigenvalue weighted by molar-refractivity contribution is 0.0950. The Morgan fingerprint density at radius 2 is 1.54 bits per heavy atom. The minimum atomic E-state index is -3.78. The predicted molar refractivity (Wildman–Crippen MR) is 137 cm³/mol. The Balaban J connectivity index is 1.37. The quantitative estimate of drug-likeness (QED) is 0.461. The van der Waals surface area contributed by atoms with Gasteiger partial charge in [-0.2, -0.15) is 0 Å². The fraction of sp³-hybridized carbons (Fsp3) is 0.296. The van der Waals surface area contributed by atoms with Crippen molar-refractivity contribution in [3.63, 3.8) is 0 Å². The fourth-order valence-electron chi connectivity index (χ4n) is 4.18. The second-order valence-electron chi connectivity index (χ2n) is 8.65. The number of likely N-dealkylation sites (tertiary alicyclic amines) is 1. The van der Waals surface area contributed by atoms with Crippen molar-refractivity contribution < 1.29 is 17.9 Å². The largest absolute Gasteiger partial charge is 0.497 e. The van der Waals surface area contributed by atoms with Crippen LogP contribution in [-0.2, 0) is 23.1 Å². The maximum atomic E-state index is 12.7. The third-order valence-corrected chi connectivity index (χ3v) is 7.57. The van der Waals surface area contributed by atoms with Gasteiger partial charge in [0.1, 0.15) is 5.75 Å². The number of piperidine rings is 1. The topological polar surface area (TPSA) is 87.7 Å². The van der Waals surface area contributed by atoms with Crippen LogP contribution in [0, 0.1) is 0 Å². The Labute approximate surface area is 207 Å². The van der Waals surface area contributed by atoms with Gasteiger partial charge in [0, 0.05) is 24.3 Å². The molecular weight excluding hydrogens is 462 g/mol. The van der Waals surface area contributed by atoms with Crippen molar-refractivity contribution >= 4 is 21.6 Å². The number of anilines is 1. The molecule has 7 nitrogen and oxygen atoms in total. The van der Waals surface area contributed by atoms with Crippen LogP contribution in [0.25, 0.3) is 0 Å². The van der Waals surface area contributed by atoms with E-state index < -0.39 is 10.0 Å². The molecule has 0 saturated carbocycles. The van der Waals surface area contributed by atoms with Crippen LogP contribution in [0.1, 0.15) is 40.7 Å². The van der Waals surface area contributed by atoms with E-state index in [2.05, 4.69) is 21.0 Å². The first kappa shape index (κ1) is 24.8. The van der Waals surface area contributed by atoms with E-state index in [1.54, 1.807) is 31.4 Å². The van der Waals surface area contributed by atoms with Gasteiger partial charge in [-0.05, 0) is 85.6 Å². The van der Waals surface area contributed by atoms with Gasteiger partial charge in [-0.25, -0.2) is 8.42 Å². The molecule has 0 bridgehead atoms. The van der Waals surface area contributed by atoms with E-state index in [9.17, 15) is 13.2 Å². The van der Waals surface area contributed by atoms with E-state index in [4.69, 9.17) is 4.74 Å². The summed E-state index contributed by atoms with van der Waals surface area (Å²) in [5, 5.41) is 2.97. The first-order valence-electron chi connectivity index (χ1n) is 11.8. The highest BCUT2D eigenvalue weighted by Gasteiger charge is 2.16. The molecule has 3 aromatic rings. The molecule has 1 aliphatic rings. The van der Waals surface area contributed by atoms with E-state index >= 15 is 0 Å². The minimum absolute atomic E-state index is 0.0803. The molecule has 0 atom stereocenters. The fourth-order valence-corrected chi connectivity index (χ4v) is 5.24. The van der Waals surface area contributed by atoms with Crippen molar-refractivity contribution in [2.24, 2.45) is 0 Å². The Hall–Kier alpha value is -3.36. The smallest absolute Gasteiger partial charge is 0.261 e. The van der Waals surface area contributed by atoms with E-state index in [0.717, 1.165) is 25.2 Å². The Bertz CT molecular complexity index is 1240. The molecule has 0 aromatic heterocycles. The maximum absolute atomic E-state index is 12.7. The number of rotatable bonds is 9. The summed E-state index contributed by atoms with van der Waals surface area (Å²) in [6, 6.07) is 20.7. The number of amides is 1. The van der Waals surface area contributed by atoms with Gasteiger partial charge in [0.25, 0.3) is 15.9 Å². The highest BCUT2D eigenvalue weighted by molar-refractivity contribution is 7.92. The van der Waals surface area contributed by atoms with Crippen LogP contribution in [0.15, 0.2) is 77.7 Å². The Morgan fingerprint density at radius 1 is 0.886 bits per heavy atom. The summed E-state index contributed by atoms with van der Waals surface area (Å²) in [5.41, 5.74) is 3.15. The molecule has 8 heteroatoms. The molecule has 1 aliphatic heterocycles. The maximum Gasteiger partial charge on any atom is 0.261 e. The molecule has 0 unspecified atom stereocenters. The van der Waals surface area contributed by atoms with Crippen LogP contribution < -0.4 is 14.8 Å². The third-order valence-electron chi connectivity index (χ3n) is 6.17. The van der Waals surface area contributed by atoms with Crippen LogP contribution in [0.4, 0.5) is 5.69 Å². The van der Waals surface area contributed by atoms with Gasteiger partial charge in [-0.15, -0.1) is 0 Å².